The van der Waals surface area contributed by atoms with E-state index in [4.69, 9.17) is 16.3 Å². The molecule has 3 heteroatoms. The van der Waals surface area contributed by atoms with E-state index in [0.29, 0.717) is 0 Å². The third-order valence-electron chi connectivity index (χ3n) is 2.68. The lowest BCUT2D eigenvalue weighted by atomic mass is 10.0. The molecule has 0 saturated heterocycles. The molecule has 17 heavy (non-hydrogen) atoms. The molecule has 1 N–H and O–H groups in total. The van der Waals surface area contributed by atoms with Gasteiger partial charge in [0.25, 0.3) is 0 Å². The van der Waals surface area contributed by atoms with E-state index >= 15 is 0 Å². The average Bonchev–Trinajstić information content (AvgIpc) is 2.35. The smallest absolute Gasteiger partial charge is 0.0484 e. The zero-order valence-corrected chi connectivity index (χ0v) is 11.5. The largest absolute Gasteiger partial charge is 0.382 e. The standard InChI is InChI=1S/C14H22ClNO/c1-3-10-16-14(9-11-17-4-2)12-7-5-6-8-13(12)15/h5-8,14,16H,3-4,9-11H2,1-2H3. The van der Waals surface area contributed by atoms with Gasteiger partial charge in [-0.25, -0.2) is 0 Å². The van der Waals surface area contributed by atoms with Gasteiger partial charge in [0.1, 0.15) is 0 Å². The molecule has 0 saturated carbocycles. The van der Waals surface area contributed by atoms with Gasteiger partial charge in [-0.2, -0.15) is 0 Å². The first-order valence-electron chi connectivity index (χ1n) is 6.35. The fraction of sp³-hybridized carbons (Fsp3) is 0.571. The van der Waals surface area contributed by atoms with Gasteiger partial charge in [-0.15, -0.1) is 0 Å². The molecule has 1 rings (SSSR count). The van der Waals surface area contributed by atoms with Gasteiger partial charge in [0.15, 0.2) is 0 Å². The molecule has 0 spiro atoms. The van der Waals surface area contributed by atoms with E-state index in [2.05, 4.69) is 18.3 Å². The van der Waals surface area contributed by atoms with E-state index in [1.54, 1.807) is 0 Å². The molecular weight excluding hydrogens is 234 g/mol. The summed E-state index contributed by atoms with van der Waals surface area (Å²) in [6.07, 6.45) is 2.08. The number of hydrogen-bond acceptors (Lipinski definition) is 2. The summed E-state index contributed by atoms with van der Waals surface area (Å²) in [7, 11) is 0. The van der Waals surface area contributed by atoms with E-state index in [-0.39, 0.29) is 6.04 Å². The molecule has 0 amide bonds. The van der Waals surface area contributed by atoms with Gasteiger partial charge in [-0.1, -0.05) is 36.7 Å². The van der Waals surface area contributed by atoms with Gasteiger partial charge in [-0.05, 0) is 37.9 Å². The van der Waals surface area contributed by atoms with E-state index in [9.17, 15) is 0 Å². The predicted octanol–water partition coefficient (Wildman–Crippen LogP) is 3.81. The monoisotopic (exact) mass is 255 g/mol. The van der Waals surface area contributed by atoms with Crippen molar-refractivity contribution in [1.82, 2.24) is 5.32 Å². The molecule has 0 aromatic heterocycles. The average molecular weight is 256 g/mol. The highest BCUT2D eigenvalue weighted by Gasteiger charge is 2.13. The van der Waals surface area contributed by atoms with E-state index in [1.165, 1.54) is 5.56 Å². The van der Waals surface area contributed by atoms with Crippen molar-refractivity contribution in [1.29, 1.82) is 0 Å². The first kappa shape index (κ1) is 14.5. The Balaban J connectivity index is 2.64. The van der Waals surface area contributed by atoms with Crippen molar-refractivity contribution in [2.75, 3.05) is 19.8 Å². The van der Waals surface area contributed by atoms with Crippen LogP contribution in [-0.4, -0.2) is 19.8 Å². The van der Waals surface area contributed by atoms with Crippen molar-refractivity contribution < 1.29 is 4.74 Å². The summed E-state index contributed by atoms with van der Waals surface area (Å²) in [5.41, 5.74) is 1.17. The van der Waals surface area contributed by atoms with Crippen molar-refractivity contribution in [2.24, 2.45) is 0 Å². The van der Waals surface area contributed by atoms with E-state index in [0.717, 1.165) is 37.6 Å². The molecule has 1 unspecified atom stereocenters. The summed E-state index contributed by atoms with van der Waals surface area (Å²) < 4.78 is 5.42. The van der Waals surface area contributed by atoms with Gasteiger partial charge >= 0.3 is 0 Å². The lowest BCUT2D eigenvalue weighted by Gasteiger charge is -2.20. The van der Waals surface area contributed by atoms with Gasteiger partial charge in [0.05, 0.1) is 0 Å². The number of hydrogen-bond donors (Lipinski definition) is 1. The Morgan fingerprint density at radius 1 is 1.29 bits per heavy atom. The first-order valence-corrected chi connectivity index (χ1v) is 6.73. The van der Waals surface area contributed by atoms with E-state index in [1.807, 2.05) is 25.1 Å². The van der Waals surface area contributed by atoms with Crippen molar-refractivity contribution in [3.05, 3.63) is 34.9 Å². The predicted molar refractivity (Wildman–Crippen MR) is 73.6 cm³/mol. The molecule has 0 radical (unpaired) electrons. The second-order valence-corrected chi connectivity index (χ2v) is 4.42. The lowest BCUT2D eigenvalue weighted by molar-refractivity contribution is 0.136. The van der Waals surface area contributed by atoms with E-state index < -0.39 is 0 Å². The third kappa shape index (κ3) is 5.07. The van der Waals surface area contributed by atoms with Crippen molar-refractivity contribution in [3.8, 4) is 0 Å². The highest BCUT2D eigenvalue weighted by atomic mass is 35.5. The van der Waals surface area contributed by atoms with Gasteiger partial charge < -0.3 is 10.1 Å². The minimum atomic E-state index is 0.287. The molecule has 96 valence electrons. The fourth-order valence-corrected chi connectivity index (χ4v) is 2.06. The van der Waals surface area contributed by atoms with Crippen LogP contribution in [0.5, 0.6) is 0 Å². The summed E-state index contributed by atoms with van der Waals surface area (Å²) in [6.45, 7) is 6.72. The summed E-state index contributed by atoms with van der Waals surface area (Å²) in [4.78, 5) is 0. The van der Waals surface area contributed by atoms with Crippen LogP contribution in [0.25, 0.3) is 0 Å². The maximum atomic E-state index is 6.23. The highest BCUT2D eigenvalue weighted by molar-refractivity contribution is 6.31. The molecule has 1 atom stereocenters. The van der Waals surface area contributed by atoms with Crippen LogP contribution in [0.15, 0.2) is 24.3 Å². The molecule has 0 aliphatic heterocycles. The van der Waals surface area contributed by atoms with Crippen LogP contribution in [-0.2, 0) is 4.74 Å². The van der Waals surface area contributed by atoms with Crippen LogP contribution in [0.4, 0.5) is 0 Å². The number of rotatable bonds is 8. The Labute approximate surface area is 109 Å². The van der Waals surface area contributed by atoms with Crippen molar-refractivity contribution in [2.45, 2.75) is 32.7 Å². The maximum Gasteiger partial charge on any atom is 0.0484 e. The molecule has 0 heterocycles. The highest BCUT2D eigenvalue weighted by Crippen LogP contribution is 2.24. The summed E-state index contributed by atoms with van der Waals surface area (Å²) in [5.74, 6) is 0. The quantitative estimate of drug-likeness (QED) is 0.714. The minimum absolute atomic E-state index is 0.287. The topological polar surface area (TPSA) is 21.3 Å². The minimum Gasteiger partial charge on any atom is -0.382 e. The Hall–Kier alpha value is -0.570. The van der Waals surface area contributed by atoms with Crippen molar-refractivity contribution in [3.63, 3.8) is 0 Å². The summed E-state index contributed by atoms with van der Waals surface area (Å²) in [5, 5.41) is 4.35. The van der Waals surface area contributed by atoms with Gasteiger partial charge in [0.2, 0.25) is 0 Å². The SMILES string of the molecule is CCCNC(CCOCC)c1ccccc1Cl. The molecular formula is C14H22ClNO. The zero-order valence-electron chi connectivity index (χ0n) is 10.7. The zero-order chi connectivity index (χ0) is 12.5. The first-order chi connectivity index (χ1) is 8.29. The summed E-state index contributed by atoms with van der Waals surface area (Å²) in [6, 6.07) is 8.31. The second kappa shape index (κ2) is 8.51. The maximum absolute atomic E-state index is 6.23. The number of ether oxygens (including phenoxy) is 1. The van der Waals surface area contributed by atoms with Gasteiger partial charge in [-0.3, -0.25) is 0 Å². The number of halogens is 1. The molecule has 0 fully saturated rings. The van der Waals surface area contributed by atoms with Crippen LogP contribution < -0.4 is 5.32 Å². The Morgan fingerprint density at radius 2 is 2.06 bits per heavy atom. The van der Waals surface area contributed by atoms with Gasteiger partial charge in [0, 0.05) is 24.3 Å². The Morgan fingerprint density at radius 3 is 2.71 bits per heavy atom. The molecule has 0 aliphatic carbocycles. The van der Waals surface area contributed by atoms with Crippen LogP contribution in [0.3, 0.4) is 0 Å². The van der Waals surface area contributed by atoms with Crippen LogP contribution >= 0.6 is 11.6 Å². The molecule has 1 aromatic rings. The summed E-state index contributed by atoms with van der Waals surface area (Å²) >= 11 is 6.23. The second-order valence-electron chi connectivity index (χ2n) is 4.01. The number of nitrogens with one attached hydrogen (secondary N) is 1. The molecule has 0 aliphatic rings. The third-order valence-corrected chi connectivity index (χ3v) is 3.02. The molecule has 0 bridgehead atoms. The Kier molecular flexibility index (Phi) is 7.25. The molecule has 2 nitrogen and oxygen atoms in total. The molecule has 1 aromatic carbocycles. The van der Waals surface area contributed by atoms with Crippen LogP contribution in [0.1, 0.15) is 38.3 Å². The van der Waals surface area contributed by atoms with Crippen molar-refractivity contribution >= 4 is 11.6 Å². The van der Waals surface area contributed by atoms with Crippen LogP contribution in [0, 0.1) is 0 Å². The lowest BCUT2D eigenvalue weighted by Crippen LogP contribution is -2.23. The fourth-order valence-electron chi connectivity index (χ4n) is 1.79. The number of benzene rings is 1. The normalized spacial score (nSPS) is 12.6. The van der Waals surface area contributed by atoms with Crippen LogP contribution in [0.2, 0.25) is 5.02 Å². The Bertz CT molecular complexity index is 317.